The number of anilines is 1. The van der Waals surface area contributed by atoms with Gasteiger partial charge in [-0.3, -0.25) is 9.59 Å². The fourth-order valence-corrected chi connectivity index (χ4v) is 3.03. The number of thioether (sulfide) groups is 1. The smallest absolute Gasteiger partial charge is 0.387 e. The van der Waals surface area contributed by atoms with Crippen molar-refractivity contribution in [2.45, 2.75) is 25.4 Å². The van der Waals surface area contributed by atoms with Gasteiger partial charge in [0.1, 0.15) is 5.75 Å². The fraction of sp³-hybridized carbons (Fsp3) is 0.263. The zero-order valence-corrected chi connectivity index (χ0v) is 15.6. The first-order valence-corrected chi connectivity index (χ1v) is 9.02. The van der Waals surface area contributed by atoms with Crippen LogP contribution in [-0.4, -0.2) is 30.8 Å². The van der Waals surface area contributed by atoms with E-state index < -0.39 is 25.1 Å². The number of alkyl halides is 2. The van der Waals surface area contributed by atoms with Crippen molar-refractivity contribution in [3.05, 3.63) is 53.6 Å². The molecular formula is C19H19F2NO4S. The molecule has 2 rings (SSSR count). The Hall–Kier alpha value is -2.61. The van der Waals surface area contributed by atoms with Gasteiger partial charge in [-0.2, -0.15) is 8.78 Å². The van der Waals surface area contributed by atoms with Crippen molar-refractivity contribution < 1.29 is 27.8 Å². The predicted octanol–water partition coefficient (Wildman–Crippen LogP) is 4.18. The molecule has 0 aliphatic rings. The SMILES string of the molecule is Cc1ccc(C)c(SCC(=O)OCC(=O)Nc2ccc(OC(F)F)cc2)c1. The van der Waals surface area contributed by atoms with E-state index in [1.807, 2.05) is 32.0 Å². The lowest BCUT2D eigenvalue weighted by atomic mass is 10.2. The molecule has 2 aromatic rings. The highest BCUT2D eigenvalue weighted by molar-refractivity contribution is 8.00. The molecule has 1 amide bonds. The van der Waals surface area contributed by atoms with Gasteiger partial charge in [0.2, 0.25) is 0 Å². The highest BCUT2D eigenvalue weighted by atomic mass is 32.2. The van der Waals surface area contributed by atoms with Crippen molar-refractivity contribution in [1.29, 1.82) is 0 Å². The summed E-state index contributed by atoms with van der Waals surface area (Å²) in [5.41, 5.74) is 2.54. The molecule has 0 aliphatic heterocycles. The standard InChI is InChI=1S/C19H19F2NO4S/c1-12-3-4-13(2)16(9-12)27-11-18(24)25-10-17(23)22-14-5-7-15(8-6-14)26-19(20)21/h3-9,19H,10-11H2,1-2H3,(H,22,23). The largest absolute Gasteiger partial charge is 0.455 e. The maximum atomic E-state index is 12.1. The number of hydrogen-bond acceptors (Lipinski definition) is 5. The fourth-order valence-electron chi connectivity index (χ4n) is 2.10. The number of benzene rings is 2. The highest BCUT2D eigenvalue weighted by Gasteiger charge is 2.10. The van der Waals surface area contributed by atoms with Crippen LogP contribution >= 0.6 is 11.8 Å². The summed E-state index contributed by atoms with van der Waals surface area (Å²) in [7, 11) is 0. The van der Waals surface area contributed by atoms with E-state index in [4.69, 9.17) is 4.74 Å². The number of carbonyl (C=O) groups excluding carboxylic acids is 2. The summed E-state index contributed by atoms with van der Waals surface area (Å²) in [6, 6.07) is 11.4. The van der Waals surface area contributed by atoms with Crippen molar-refractivity contribution in [2.75, 3.05) is 17.7 Å². The van der Waals surface area contributed by atoms with Crippen LogP contribution in [0.4, 0.5) is 14.5 Å². The van der Waals surface area contributed by atoms with E-state index in [2.05, 4.69) is 10.1 Å². The molecule has 8 heteroatoms. The first kappa shape index (κ1) is 20.7. The second kappa shape index (κ2) is 9.91. The lowest BCUT2D eigenvalue weighted by molar-refractivity contribution is -0.144. The molecule has 0 spiro atoms. The zero-order valence-electron chi connectivity index (χ0n) is 14.8. The van der Waals surface area contributed by atoms with Gasteiger partial charge in [-0.15, -0.1) is 11.8 Å². The molecule has 27 heavy (non-hydrogen) atoms. The minimum Gasteiger partial charge on any atom is -0.455 e. The number of aryl methyl sites for hydroxylation is 2. The summed E-state index contributed by atoms with van der Waals surface area (Å²) in [4.78, 5) is 24.6. The molecule has 0 heterocycles. The molecule has 0 aliphatic carbocycles. The van der Waals surface area contributed by atoms with Gasteiger partial charge in [0, 0.05) is 10.6 Å². The lowest BCUT2D eigenvalue weighted by Gasteiger charge is -2.09. The van der Waals surface area contributed by atoms with Gasteiger partial charge in [-0.1, -0.05) is 17.7 Å². The van der Waals surface area contributed by atoms with Crippen LogP contribution in [-0.2, 0) is 14.3 Å². The number of rotatable bonds is 8. The van der Waals surface area contributed by atoms with E-state index in [0.717, 1.165) is 16.0 Å². The number of hydrogen-bond donors (Lipinski definition) is 1. The molecule has 0 fully saturated rings. The maximum absolute atomic E-state index is 12.1. The molecule has 0 unspecified atom stereocenters. The van der Waals surface area contributed by atoms with E-state index in [1.54, 1.807) is 0 Å². The minimum absolute atomic E-state index is 0.0158. The van der Waals surface area contributed by atoms with Crippen molar-refractivity contribution in [1.82, 2.24) is 0 Å². The average molecular weight is 395 g/mol. The summed E-state index contributed by atoms with van der Waals surface area (Å²) < 4.78 is 33.3. The first-order valence-electron chi connectivity index (χ1n) is 8.04. The van der Waals surface area contributed by atoms with E-state index >= 15 is 0 Å². The van der Waals surface area contributed by atoms with Gasteiger partial charge in [0.25, 0.3) is 5.91 Å². The normalized spacial score (nSPS) is 10.6. The van der Waals surface area contributed by atoms with Gasteiger partial charge in [-0.05, 0) is 49.7 Å². The van der Waals surface area contributed by atoms with Gasteiger partial charge in [0.05, 0.1) is 5.75 Å². The molecule has 0 aromatic heterocycles. The molecule has 5 nitrogen and oxygen atoms in total. The number of halogens is 2. The molecule has 0 radical (unpaired) electrons. The van der Waals surface area contributed by atoms with Crippen LogP contribution in [0, 0.1) is 13.8 Å². The number of nitrogens with one attached hydrogen (secondary N) is 1. The Bertz CT molecular complexity index is 797. The van der Waals surface area contributed by atoms with Crippen LogP contribution in [0.2, 0.25) is 0 Å². The van der Waals surface area contributed by atoms with Crippen molar-refractivity contribution in [3.63, 3.8) is 0 Å². The van der Waals surface area contributed by atoms with Gasteiger partial charge < -0.3 is 14.8 Å². The first-order chi connectivity index (χ1) is 12.8. The second-order valence-electron chi connectivity index (χ2n) is 5.67. The Labute approximate surface area is 160 Å². The van der Waals surface area contributed by atoms with E-state index in [1.165, 1.54) is 36.0 Å². The van der Waals surface area contributed by atoms with Crippen molar-refractivity contribution in [2.24, 2.45) is 0 Å². The summed E-state index contributed by atoms with van der Waals surface area (Å²) in [5.74, 6) is -0.950. The second-order valence-corrected chi connectivity index (χ2v) is 6.69. The van der Waals surface area contributed by atoms with Gasteiger partial charge in [-0.25, -0.2) is 0 Å². The third kappa shape index (κ3) is 7.26. The Morgan fingerprint density at radius 3 is 2.48 bits per heavy atom. The molecule has 1 N–H and O–H groups in total. The van der Waals surface area contributed by atoms with Crippen LogP contribution in [0.25, 0.3) is 0 Å². The lowest BCUT2D eigenvalue weighted by Crippen LogP contribution is -2.21. The van der Waals surface area contributed by atoms with Crippen LogP contribution in [0.15, 0.2) is 47.4 Å². The summed E-state index contributed by atoms with van der Waals surface area (Å²) in [6.45, 7) is 0.587. The van der Waals surface area contributed by atoms with E-state index in [9.17, 15) is 18.4 Å². The molecule has 0 bridgehead atoms. The maximum Gasteiger partial charge on any atom is 0.387 e. The topological polar surface area (TPSA) is 64.6 Å². The molecule has 2 aromatic carbocycles. The summed E-state index contributed by atoms with van der Waals surface area (Å²) in [5, 5.41) is 2.50. The van der Waals surface area contributed by atoms with Crippen LogP contribution in [0.1, 0.15) is 11.1 Å². The third-order valence-electron chi connectivity index (χ3n) is 3.42. The highest BCUT2D eigenvalue weighted by Crippen LogP contribution is 2.23. The number of carbonyl (C=O) groups is 2. The van der Waals surface area contributed by atoms with Gasteiger partial charge in [0.15, 0.2) is 6.61 Å². The zero-order chi connectivity index (χ0) is 19.8. The van der Waals surface area contributed by atoms with Crippen LogP contribution in [0.5, 0.6) is 5.75 Å². The van der Waals surface area contributed by atoms with Crippen LogP contribution in [0.3, 0.4) is 0 Å². The molecule has 0 atom stereocenters. The molecule has 0 saturated carbocycles. The summed E-state index contributed by atoms with van der Waals surface area (Å²) in [6.07, 6.45) is 0. The Morgan fingerprint density at radius 2 is 1.81 bits per heavy atom. The monoisotopic (exact) mass is 395 g/mol. The number of amides is 1. The minimum atomic E-state index is -2.91. The van der Waals surface area contributed by atoms with Crippen molar-refractivity contribution >= 4 is 29.3 Å². The third-order valence-corrected chi connectivity index (χ3v) is 4.55. The molecular weight excluding hydrogens is 376 g/mol. The van der Waals surface area contributed by atoms with Crippen LogP contribution < -0.4 is 10.1 Å². The quantitative estimate of drug-likeness (QED) is 0.537. The average Bonchev–Trinajstić information content (AvgIpc) is 2.62. The Balaban J connectivity index is 1.74. The Morgan fingerprint density at radius 1 is 1.11 bits per heavy atom. The molecule has 0 saturated heterocycles. The van der Waals surface area contributed by atoms with Crippen molar-refractivity contribution in [3.8, 4) is 5.75 Å². The van der Waals surface area contributed by atoms with E-state index in [0.29, 0.717) is 5.69 Å². The predicted molar refractivity (Wildman–Crippen MR) is 99.3 cm³/mol. The summed E-state index contributed by atoms with van der Waals surface area (Å²) >= 11 is 1.35. The molecule has 144 valence electrons. The number of esters is 1. The Kier molecular flexibility index (Phi) is 7.60. The van der Waals surface area contributed by atoms with E-state index in [-0.39, 0.29) is 11.5 Å². The number of ether oxygens (including phenoxy) is 2. The van der Waals surface area contributed by atoms with Gasteiger partial charge >= 0.3 is 12.6 Å².